The summed E-state index contributed by atoms with van der Waals surface area (Å²) in [6.45, 7) is 2.53. The fraction of sp³-hybridized carbons (Fsp3) is 0.500. The summed E-state index contributed by atoms with van der Waals surface area (Å²) < 4.78 is 32.4. The molecule has 0 aromatic heterocycles. The number of morpholine rings is 1. The number of anilines is 1. The molecule has 2 rings (SSSR count). The number of rotatable bonds is 5. The molecule has 1 heterocycles. The molecule has 0 bridgehead atoms. The average molecular weight is 299 g/mol. The van der Waals surface area contributed by atoms with Crippen molar-refractivity contribution in [2.75, 3.05) is 45.2 Å². The molecular weight excluding hydrogens is 280 g/mol. The Morgan fingerprint density at radius 2 is 2.14 bits per heavy atom. The zero-order chi connectivity index (χ0) is 15.2. The van der Waals surface area contributed by atoms with Crippen LogP contribution in [-0.2, 0) is 9.53 Å². The first kappa shape index (κ1) is 15.8. The number of benzene rings is 1. The second-order valence-electron chi connectivity index (χ2n) is 4.93. The van der Waals surface area contributed by atoms with E-state index in [4.69, 9.17) is 4.74 Å². The first-order chi connectivity index (χ1) is 10.1. The van der Waals surface area contributed by atoms with Crippen LogP contribution in [0.5, 0.6) is 0 Å². The lowest BCUT2D eigenvalue weighted by atomic mass is 10.2. The maximum atomic E-state index is 13.5. The van der Waals surface area contributed by atoms with Gasteiger partial charge in [-0.25, -0.2) is 8.78 Å². The Kier molecular flexibility index (Phi) is 5.60. The van der Waals surface area contributed by atoms with Gasteiger partial charge in [0.15, 0.2) is 0 Å². The van der Waals surface area contributed by atoms with Crippen LogP contribution in [0, 0.1) is 11.6 Å². The van der Waals surface area contributed by atoms with E-state index in [-0.39, 0.29) is 12.6 Å². The van der Waals surface area contributed by atoms with Crippen molar-refractivity contribution in [2.24, 2.45) is 0 Å². The molecule has 116 valence electrons. The van der Waals surface area contributed by atoms with E-state index in [1.807, 2.05) is 11.9 Å². The Morgan fingerprint density at radius 1 is 1.43 bits per heavy atom. The summed E-state index contributed by atoms with van der Waals surface area (Å²) in [4.78, 5) is 13.8. The standard InChI is InChI=1S/C14H19F2N3O2/c1-17-7-10-8-19(5-6-21-10)9-13(20)18-14-11(15)3-2-4-12(14)16/h2-4,10,17H,5-9H2,1H3,(H,18,20). The van der Waals surface area contributed by atoms with Gasteiger partial charge in [-0.15, -0.1) is 0 Å². The van der Waals surface area contributed by atoms with Crippen molar-refractivity contribution < 1.29 is 18.3 Å². The summed E-state index contributed by atoms with van der Waals surface area (Å²) in [6, 6.07) is 3.47. The summed E-state index contributed by atoms with van der Waals surface area (Å²) in [6.07, 6.45) is 0.0155. The zero-order valence-corrected chi connectivity index (χ0v) is 11.9. The van der Waals surface area contributed by atoms with Gasteiger partial charge in [-0.2, -0.15) is 0 Å². The molecule has 1 aliphatic rings. The van der Waals surface area contributed by atoms with E-state index in [0.29, 0.717) is 26.2 Å². The van der Waals surface area contributed by atoms with Crippen molar-refractivity contribution in [3.05, 3.63) is 29.8 Å². The predicted octanol–water partition coefficient (Wildman–Crippen LogP) is 0.823. The molecule has 7 heteroatoms. The summed E-state index contributed by atoms with van der Waals surface area (Å²) in [7, 11) is 1.83. The number of ether oxygens (including phenoxy) is 1. The van der Waals surface area contributed by atoms with E-state index in [0.717, 1.165) is 12.1 Å². The number of hydrogen-bond donors (Lipinski definition) is 2. The SMILES string of the molecule is CNCC1CN(CC(=O)Nc2c(F)cccc2F)CCO1. The first-order valence-corrected chi connectivity index (χ1v) is 6.82. The molecule has 0 radical (unpaired) electrons. The Labute approximate surface area is 122 Å². The first-order valence-electron chi connectivity index (χ1n) is 6.82. The van der Waals surface area contributed by atoms with Crippen LogP contribution >= 0.6 is 0 Å². The third-order valence-electron chi connectivity index (χ3n) is 3.25. The molecular formula is C14H19F2N3O2. The molecule has 2 N–H and O–H groups in total. The van der Waals surface area contributed by atoms with E-state index in [1.54, 1.807) is 0 Å². The topological polar surface area (TPSA) is 53.6 Å². The van der Waals surface area contributed by atoms with Crippen molar-refractivity contribution in [3.8, 4) is 0 Å². The molecule has 1 atom stereocenters. The highest BCUT2D eigenvalue weighted by molar-refractivity contribution is 5.92. The Balaban J connectivity index is 1.89. The molecule has 0 aliphatic carbocycles. The van der Waals surface area contributed by atoms with Gasteiger partial charge in [-0.1, -0.05) is 6.07 Å². The average Bonchev–Trinajstić information content (AvgIpc) is 2.44. The highest BCUT2D eigenvalue weighted by atomic mass is 19.1. The van der Waals surface area contributed by atoms with Gasteiger partial charge in [0.05, 0.1) is 19.3 Å². The Bertz CT molecular complexity index is 477. The van der Waals surface area contributed by atoms with E-state index >= 15 is 0 Å². The number of carbonyl (C=O) groups excluding carboxylic acids is 1. The van der Waals surface area contributed by atoms with Crippen LogP contribution in [0.2, 0.25) is 0 Å². The lowest BCUT2D eigenvalue weighted by molar-refractivity contribution is -0.119. The lowest BCUT2D eigenvalue weighted by Crippen LogP contribution is -2.48. The van der Waals surface area contributed by atoms with Crippen LogP contribution in [0.1, 0.15) is 0 Å². The molecule has 5 nitrogen and oxygen atoms in total. The van der Waals surface area contributed by atoms with Gasteiger partial charge in [-0.05, 0) is 19.2 Å². The van der Waals surface area contributed by atoms with Crippen molar-refractivity contribution in [2.45, 2.75) is 6.10 Å². The number of likely N-dealkylation sites (N-methyl/N-ethyl adjacent to an activating group) is 1. The number of amides is 1. The van der Waals surface area contributed by atoms with E-state index in [1.165, 1.54) is 6.07 Å². The van der Waals surface area contributed by atoms with Crippen LogP contribution in [0.3, 0.4) is 0 Å². The maximum Gasteiger partial charge on any atom is 0.238 e. The van der Waals surface area contributed by atoms with Gasteiger partial charge >= 0.3 is 0 Å². The molecule has 1 fully saturated rings. The third-order valence-corrected chi connectivity index (χ3v) is 3.25. The summed E-state index contributed by atoms with van der Waals surface area (Å²) >= 11 is 0. The number of halogens is 2. The Morgan fingerprint density at radius 3 is 2.81 bits per heavy atom. The minimum atomic E-state index is -0.779. The van der Waals surface area contributed by atoms with Crippen molar-refractivity contribution in [3.63, 3.8) is 0 Å². The molecule has 21 heavy (non-hydrogen) atoms. The number of nitrogens with one attached hydrogen (secondary N) is 2. The minimum Gasteiger partial charge on any atom is -0.374 e. The molecule has 1 aromatic rings. The van der Waals surface area contributed by atoms with Crippen molar-refractivity contribution >= 4 is 11.6 Å². The van der Waals surface area contributed by atoms with Crippen molar-refractivity contribution in [1.29, 1.82) is 0 Å². The quantitative estimate of drug-likeness (QED) is 0.845. The third kappa shape index (κ3) is 4.45. The van der Waals surface area contributed by atoms with Crippen LogP contribution in [0.4, 0.5) is 14.5 Å². The summed E-state index contributed by atoms with van der Waals surface area (Å²) in [5.74, 6) is -2.00. The number of carbonyl (C=O) groups is 1. The van der Waals surface area contributed by atoms with Gasteiger partial charge in [0.2, 0.25) is 5.91 Å². The molecule has 1 unspecified atom stereocenters. The molecule has 1 amide bonds. The van der Waals surface area contributed by atoms with E-state index in [9.17, 15) is 13.6 Å². The summed E-state index contributed by atoms with van der Waals surface area (Å²) in [5.41, 5.74) is -0.400. The zero-order valence-electron chi connectivity index (χ0n) is 11.9. The highest BCUT2D eigenvalue weighted by Crippen LogP contribution is 2.18. The largest absolute Gasteiger partial charge is 0.374 e. The fourth-order valence-corrected chi connectivity index (χ4v) is 2.27. The van der Waals surface area contributed by atoms with Crippen LogP contribution in [0.25, 0.3) is 0 Å². The highest BCUT2D eigenvalue weighted by Gasteiger charge is 2.22. The maximum absolute atomic E-state index is 13.5. The molecule has 1 aliphatic heterocycles. The number of nitrogens with zero attached hydrogens (tertiary/aromatic N) is 1. The number of hydrogen-bond acceptors (Lipinski definition) is 4. The van der Waals surface area contributed by atoms with Gasteiger partial charge in [0, 0.05) is 19.6 Å². The fourth-order valence-electron chi connectivity index (χ4n) is 2.27. The monoisotopic (exact) mass is 299 g/mol. The van der Waals surface area contributed by atoms with Crippen LogP contribution in [-0.4, -0.2) is 56.7 Å². The molecule has 1 saturated heterocycles. The van der Waals surface area contributed by atoms with Gasteiger partial charge in [0.1, 0.15) is 17.3 Å². The van der Waals surface area contributed by atoms with Crippen LogP contribution < -0.4 is 10.6 Å². The Hall–Kier alpha value is -1.57. The molecule has 0 spiro atoms. The molecule has 1 aromatic carbocycles. The van der Waals surface area contributed by atoms with E-state index < -0.39 is 23.2 Å². The summed E-state index contributed by atoms with van der Waals surface area (Å²) in [5, 5.41) is 5.30. The minimum absolute atomic E-state index is 0.0155. The van der Waals surface area contributed by atoms with E-state index in [2.05, 4.69) is 10.6 Å². The van der Waals surface area contributed by atoms with Gasteiger partial charge in [-0.3, -0.25) is 9.69 Å². The van der Waals surface area contributed by atoms with Gasteiger partial charge in [0.25, 0.3) is 0 Å². The van der Waals surface area contributed by atoms with Crippen molar-refractivity contribution in [1.82, 2.24) is 10.2 Å². The smallest absolute Gasteiger partial charge is 0.238 e. The lowest BCUT2D eigenvalue weighted by Gasteiger charge is -2.32. The van der Waals surface area contributed by atoms with Gasteiger partial charge < -0.3 is 15.4 Å². The normalized spacial score (nSPS) is 19.5. The molecule has 0 saturated carbocycles. The predicted molar refractivity (Wildman–Crippen MR) is 75.1 cm³/mol. The number of para-hydroxylation sites is 1. The second kappa shape index (κ2) is 7.44. The second-order valence-corrected chi connectivity index (χ2v) is 4.93. The van der Waals surface area contributed by atoms with Crippen LogP contribution in [0.15, 0.2) is 18.2 Å².